The lowest BCUT2D eigenvalue weighted by Gasteiger charge is -2.13. The Morgan fingerprint density at radius 1 is 1.29 bits per heavy atom. The van der Waals surface area contributed by atoms with Gasteiger partial charge in [0, 0.05) is 5.56 Å². The van der Waals surface area contributed by atoms with Gasteiger partial charge < -0.3 is 14.6 Å². The zero-order valence-corrected chi connectivity index (χ0v) is 13.8. The Bertz CT molecular complexity index is 744. The maximum atomic E-state index is 12.0. The summed E-state index contributed by atoms with van der Waals surface area (Å²) in [5, 5.41) is 13.8. The number of hydrogen-bond acceptors (Lipinski definition) is 5. The average Bonchev–Trinajstić information content (AvgIpc) is 2.56. The first-order chi connectivity index (χ1) is 11.5. The lowest BCUT2D eigenvalue weighted by Crippen LogP contribution is -2.33. The molecular formula is C18H20N2O4. The summed E-state index contributed by atoms with van der Waals surface area (Å²) in [7, 11) is 1.46. The van der Waals surface area contributed by atoms with E-state index >= 15 is 0 Å². The third-order valence-corrected chi connectivity index (χ3v) is 3.30. The summed E-state index contributed by atoms with van der Waals surface area (Å²) in [6.45, 7) is 3.58. The molecule has 126 valence electrons. The van der Waals surface area contributed by atoms with Crippen molar-refractivity contribution in [2.24, 2.45) is 5.10 Å². The van der Waals surface area contributed by atoms with Gasteiger partial charge in [0.05, 0.1) is 13.3 Å². The van der Waals surface area contributed by atoms with Crippen LogP contribution in [0.5, 0.6) is 17.2 Å². The number of ether oxygens (including phenoxy) is 2. The lowest BCUT2D eigenvalue weighted by molar-refractivity contribution is -0.127. The standard InChI is InChI=1S/C18H20N2O4/c1-12-6-4-8-15(10-12)24-13(2)18(22)20-19-11-14-7-5-9-16(23-3)17(14)21/h4-11,13,21H,1-3H3,(H,20,22). The Morgan fingerprint density at radius 3 is 2.75 bits per heavy atom. The maximum absolute atomic E-state index is 12.0. The molecule has 0 bridgehead atoms. The van der Waals surface area contributed by atoms with E-state index in [1.165, 1.54) is 13.3 Å². The highest BCUT2D eigenvalue weighted by Gasteiger charge is 2.14. The molecule has 2 N–H and O–H groups in total. The van der Waals surface area contributed by atoms with Gasteiger partial charge in [-0.15, -0.1) is 0 Å². The van der Waals surface area contributed by atoms with Crippen LogP contribution in [0, 0.1) is 6.92 Å². The molecule has 1 amide bonds. The summed E-state index contributed by atoms with van der Waals surface area (Å²) in [5.41, 5.74) is 3.86. The molecule has 0 fully saturated rings. The summed E-state index contributed by atoms with van der Waals surface area (Å²) >= 11 is 0. The molecule has 0 heterocycles. The zero-order chi connectivity index (χ0) is 17.5. The molecule has 0 aliphatic heterocycles. The van der Waals surface area contributed by atoms with Crippen LogP contribution in [-0.2, 0) is 4.79 Å². The fraction of sp³-hybridized carbons (Fsp3) is 0.222. The first-order valence-electron chi connectivity index (χ1n) is 7.43. The second-order valence-electron chi connectivity index (χ2n) is 5.21. The van der Waals surface area contributed by atoms with Crippen molar-refractivity contribution < 1.29 is 19.4 Å². The Balaban J connectivity index is 1.95. The molecule has 2 rings (SSSR count). The molecule has 0 aliphatic rings. The van der Waals surface area contributed by atoms with E-state index in [1.807, 2.05) is 25.1 Å². The molecule has 0 radical (unpaired) electrons. The molecule has 6 heteroatoms. The third kappa shape index (κ3) is 4.49. The van der Waals surface area contributed by atoms with Gasteiger partial charge in [-0.25, -0.2) is 5.43 Å². The van der Waals surface area contributed by atoms with Crippen molar-refractivity contribution in [3.8, 4) is 17.2 Å². The monoisotopic (exact) mass is 328 g/mol. The minimum Gasteiger partial charge on any atom is -0.504 e. The van der Waals surface area contributed by atoms with Crippen molar-refractivity contribution in [1.82, 2.24) is 5.43 Å². The summed E-state index contributed by atoms with van der Waals surface area (Å²) in [6.07, 6.45) is 0.637. The molecule has 2 aromatic rings. The highest BCUT2D eigenvalue weighted by Crippen LogP contribution is 2.27. The summed E-state index contributed by atoms with van der Waals surface area (Å²) in [4.78, 5) is 12.0. The van der Waals surface area contributed by atoms with E-state index < -0.39 is 12.0 Å². The van der Waals surface area contributed by atoms with Gasteiger partial charge in [0.1, 0.15) is 5.75 Å². The number of nitrogens with zero attached hydrogens (tertiary/aromatic N) is 1. The number of amides is 1. The number of hydrazone groups is 1. The topological polar surface area (TPSA) is 80.2 Å². The van der Waals surface area contributed by atoms with Crippen LogP contribution in [0.3, 0.4) is 0 Å². The van der Waals surface area contributed by atoms with E-state index in [0.29, 0.717) is 17.1 Å². The highest BCUT2D eigenvalue weighted by atomic mass is 16.5. The van der Waals surface area contributed by atoms with Crippen LogP contribution >= 0.6 is 0 Å². The lowest BCUT2D eigenvalue weighted by atomic mass is 10.2. The second-order valence-corrected chi connectivity index (χ2v) is 5.21. The Hall–Kier alpha value is -3.02. The van der Waals surface area contributed by atoms with Crippen LogP contribution in [0.1, 0.15) is 18.1 Å². The highest BCUT2D eigenvalue weighted by molar-refractivity contribution is 5.87. The van der Waals surface area contributed by atoms with E-state index in [-0.39, 0.29) is 5.75 Å². The van der Waals surface area contributed by atoms with E-state index in [4.69, 9.17) is 9.47 Å². The van der Waals surface area contributed by atoms with Crippen molar-refractivity contribution in [1.29, 1.82) is 0 Å². The van der Waals surface area contributed by atoms with Gasteiger partial charge in [-0.3, -0.25) is 4.79 Å². The number of carbonyl (C=O) groups excluding carboxylic acids is 1. The van der Waals surface area contributed by atoms with Crippen LogP contribution in [0.15, 0.2) is 47.6 Å². The average molecular weight is 328 g/mol. The minimum absolute atomic E-state index is 0.0398. The number of benzene rings is 2. The molecule has 0 saturated heterocycles. The van der Waals surface area contributed by atoms with E-state index in [2.05, 4.69) is 10.5 Å². The fourth-order valence-electron chi connectivity index (χ4n) is 2.01. The number of para-hydroxylation sites is 1. The molecule has 0 aromatic heterocycles. The van der Waals surface area contributed by atoms with E-state index in [0.717, 1.165) is 5.56 Å². The number of nitrogens with one attached hydrogen (secondary N) is 1. The number of aryl methyl sites for hydroxylation is 1. The second kappa shape index (κ2) is 8.01. The molecule has 1 unspecified atom stereocenters. The van der Waals surface area contributed by atoms with Gasteiger partial charge in [-0.05, 0) is 43.7 Å². The van der Waals surface area contributed by atoms with Crippen LogP contribution < -0.4 is 14.9 Å². The largest absolute Gasteiger partial charge is 0.504 e. The molecule has 2 aromatic carbocycles. The molecule has 0 spiro atoms. The minimum atomic E-state index is -0.706. The molecule has 24 heavy (non-hydrogen) atoms. The van der Waals surface area contributed by atoms with Crippen molar-refractivity contribution in [3.63, 3.8) is 0 Å². The zero-order valence-electron chi connectivity index (χ0n) is 13.8. The van der Waals surface area contributed by atoms with Crippen LogP contribution in [0.4, 0.5) is 0 Å². The van der Waals surface area contributed by atoms with Gasteiger partial charge in [0.25, 0.3) is 5.91 Å². The molecular weight excluding hydrogens is 308 g/mol. The van der Waals surface area contributed by atoms with Gasteiger partial charge in [-0.2, -0.15) is 5.10 Å². The van der Waals surface area contributed by atoms with Gasteiger partial charge in [-0.1, -0.05) is 18.2 Å². The number of aromatic hydroxyl groups is 1. The van der Waals surface area contributed by atoms with Crippen molar-refractivity contribution in [3.05, 3.63) is 53.6 Å². The third-order valence-electron chi connectivity index (χ3n) is 3.30. The van der Waals surface area contributed by atoms with Crippen LogP contribution in [0.25, 0.3) is 0 Å². The molecule has 6 nitrogen and oxygen atoms in total. The molecule has 1 atom stereocenters. The predicted octanol–water partition coefficient (Wildman–Crippen LogP) is 2.63. The summed E-state index contributed by atoms with van der Waals surface area (Å²) < 4.78 is 10.6. The fourth-order valence-corrected chi connectivity index (χ4v) is 2.01. The maximum Gasteiger partial charge on any atom is 0.280 e. The van der Waals surface area contributed by atoms with Gasteiger partial charge in [0.15, 0.2) is 17.6 Å². The molecule has 0 saturated carbocycles. The number of rotatable bonds is 6. The number of hydrogen-bond donors (Lipinski definition) is 2. The number of carbonyl (C=O) groups is 1. The number of methoxy groups -OCH3 is 1. The normalized spacial score (nSPS) is 12.0. The van der Waals surface area contributed by atoms with Crippen molar-refractivity contribution in [2.75, 3.05) is 7.11 Å². The summed E-state index contributed by atoms with van der Waals surface area (Å²) in [6, 6.07) is 12.4. The van der Waals surface area contributed by atoms with E-state index in [9.17, 15) is 9.90 Å². The van der Waals surface area contributed by atoms with Crippen LogP contribution in [-0.4, -0.2) is 30.4 Å². The predicted molar refractivity (Wildman–Crippen MR) is 91.7 cm³/mol. The molecule has 0 aliphatic carbocycles. The van der Waals surface area contributed by atoms with Crippen molar-refractivity contribution in [2.45, 2.75) is 20.0 Å². The first-order valence-corrected chi connectivity index (χ1v) is 7.43. The van der Waals surface area contributed by atoms with Crippen LogP contribution in [0.2, 0.25) is 0 Å². The number of phenolic OH excluding ortho intramolecular Hbond substituents is 1. The van der Waals surface area contributed by atoms with Gasteiger partial charge >= 0.3 is 0 Å². The Kier molecular flexibility index (Phi) is 5.78. The van der Waals surface area contributed by atoms with Gasteiger partial charge in [0.2, 0.25) is 0 Å². The number of phenols is 1. The quantitative estimate of drug-likeness (QED) is 0.631. The smallest absolute Gasteiger partial charge is 0.280 e. The summed E-state index contributed by atoms with van der Waals surface area (Å²) in [5.74, 6) is 0.519. The van der Waals surface area contributed by atoms with Crippen molar-refractivity contribution >= 4 is 12.1 Å². The van der Waals surface area contributed by atoms with E-state index in [1.54, 1.807) is 31.2 Å². The first kappa shape index (κ1) is 17.3. The SMILES string of the molecule is COc1cccc(C=NNC(=O)C(C)Oc2cccc(C)c2)c1O. The Labute approximate surface area is 140 Å². The Morgan fingerprint density at radius 2 is 2.04 bits per heavy atom.